The number of para-hydroxylation sites is 2. The summed E-state index contributed by atoms with van der Waals surface area (Å²) in [5.41, 5.74) is 0.862. The van der Waals surface area contributed by atoms with E-state index in [0.717, 1.165) is 0 Å². The number of methoxy groups -OCH3 is 2. The highest BCUT2D eigenvalue weighted by molar-refractivity contribution is 6.31. The van der Waals surface area contributed by atoms with Gasteiger partial charge >= 0.3 is 5.97 Å². The Balaban J connectivity index is 1.76. The lowest BCUT2D eigenvalue weighted by atomic mass is 10.2. The van der Waals surface area contributed by atoms with Crippen LogP contribution in [-0.2, 0) is 19.1 Å². The van der Waals surface area contributed by atoms with E-state index in [-0.39, 0.29) is 12.8 Å². The van der Waals surface area contributed by atoms with Gasteiger partial charge in [-0.1, -0.05) is 23.7 Å². The fraction of sp³-hybridized carbons (Fsp3) is 0.250. The summed E-state index contributed by atoms with van der Waals surface area (Å²) in [5.74, 6) is -0.677. The predicted molar refractivity (Wildman–Crippen MR) is 108 cm³/mol. The zero-order valence-corrected chi connectivity index (χ0v) is 16.7. The van der Waals surface area contributed by atoms with Gasteiger partial charge in [-0.05, 0) is 30.3 Å². The molecular formula is C20H21ClN2O6. The van der Waals surface area contributed by atoms with Crippen molar-refractivity contribution in [2.75, 3.05) is 31.5 Å². The lowest BCUT2D eigenvalue weighted by molar-refractivity contribution is -0.147. The van der Waals surface area contributed by atoms with Gasteiger partial charge in [-0.15, -0.1) is 0 Å². The molecule has 0 heterocycles. The Kier molecular flexibility index (Phi) is 8.29. The number of halogens is 1. The average molecular weight is 421 g/mol. The van der Waals surface area contributed by atoms with E-state index in [9.17, 15) is 14.4 Å². The van der Waals surface area contributed by atoms with Crippen molar-refractivity contribution in [2.24, 2.45) is 0 Å². The molecule has 2 N–H and O–H groups in total. The topological polar surface area (TPSA) is 103 Å². The van der Waals surface area contributed by atoms with Gasteiger partial charge in [0.15, 0.2) is 6.61 Å². The summed E-state index contributed by atoms with van der Waals surface area (Å²) in [5, 5.41) is 5.64. The van der Waals surface area contributed by atoms with Crippen LogP contribution < -0.4 is 20.1 Å². The number of nitrogens with one attached hydrogen (secondary N) is 2. The van der Waals surface area contributed by atoms with E-state index < -0.39 is 24.4 Å². The van der Waals surface area contributed by atoms with Crippen LogP contribution in [0.25, 0.3) is 0 Å². The first-order valence-corrected chi connectivity index (χ1v) is 9.02. The summed E-state index contributed by atoms with van der Waals surface area (Å²) < 4.78 is 15.2. The molecule has 2 rings (SSSR count). The van der Waals surface area contributed by atoms with Gasteiger partial charge in [-0.3, -0.25) is 14.4 Å². The van der Waals surface area contributed by atoms with Gasteiger partial charge in [0.05, 0.1) is 32.0 Å². The zero-order chi connectivity index (χ0) is 21.2. The van der Waals surface area contributed by atoms with Crippen molar-refractivity contribution < 1.29 is 28.6 Å². The maximum absolute atomic E-state index is 12.0. The van der Waals surface area contributed by atoms with Crippen molar-refractivity contribution in [3.8, 4) is 11.5 Å². The summed E-state index contributed by atoms with van der Waals surface area (Å²) in [7, 11) is 2.95. The molecule has 0 spiro atoms. The van der Waals surface area contributed by atoms with E-state index in [1.54, 1.807) is 42.5 Å². The minimum absolute atomic E-state index is 0.122. The van der Waals surface area contributed by atoms with Crippen molar-refractivity contribution in [3.05, 3.63) is 47.5 Å². The van der Waals surface area contributed by atoms with E-state index in [0.29, 0.717) is 27.9 Å². The van der Waals surface area contributed by atoms with Crippen LogP contribution in [0.4, 0.5) is 11.4 Å². The molecule has 0 fully saturated rings. The molecule has 0 bridgehead atoms. The Hall–Kier alpha value is -3.26. The standard InChI is InChI=1S/C20H21ClN2O6/c1-27-16-6-4-3-5-14(16)22-19(25)12-29-20(26)10-9-18(24)23-15-11-13(21)7-8-17(15)28-2/h3-8,11H,9-10,12H2,1-2H3,(H,22,25)(H,23,24). The number of hydrogen-bond donors (Lipinski definition) is 2. The van der Waals surface area contributed by atoms with Crippen molar-refractivity contribution in [1.82, 2.24) is 0 Å². The fourth-order valence-corrected chi connectivity index (χ4v) is 2.53. The Bertz CT molecular complexity index is 887. The smallest absolute Gasteiger partial charge is 0.306 e. The number of benzene rings is 2. The second kappa shape index (κ2) is 10.9. The average Bonchev–Trinajstić information content (AvgIpc) is 2.71. The van der Waals surface area contributed by atoms with Crippen LogP contribution in [0.3, 0.4) is 0 Å². The minimum atomic E-state index is -0.673. The van der Waals surface area contributed by atoms with Crippen molar-refractivity contribution in [3.63, 3.8) is 0 Å². The molecule has 0 saturated carbocycles. The van der Waals surface area contributed by atoms with Crippen LogP contribution in [0.5, 0.6) is 11.5 Å². The summed E-state index contributed by atoms with van der Waals surface area (Å²) in [6.07, 6.45) is -0.306. The van der Waals surface area contributed by atoms with Crippen LogP contribution in [0, 0.1) is 0 Å². The van der Waals surface area contributed by atoms with E-state index >= 15 is 0 Å². The maximum atomic E-state index is 12.0. The second-order valence-electron chi connectivity index (χ2n) is 5.80. The Morgan fingerprint density at radius 1 is 0.862 bits per heavy atom. The van der Waals surface area contributed by atoms with Gasteiger partial charge in [0.1, 0.15) is 11.5 Å². The monoisotopic (exact) mass is 420 g/mol. The largest absolute Gasteiger partial charge is 0.495 e. The van der Waals surface area contributed by atoms with E-state index in [2.05, 4.69) is 10.6 Å². The second-order valence-corrected chi connectivity index (χ2v) is 6.24. The van der Waals surface area contributed by atoms with Gasteiger partial charge in [0, 0.05) is 11.4 Å². The number of rotatable bonds is 9. The third-order valence-electron chi connectivity index (χ3n) is 3.74. The highest BCUT2D eigenvalue weighted by atomic mass is 35.5. The molecule has 0 saturated heterocycles. The number of amides is 2. The zero-order valence-electron chi connectivity index (χ0n) is 16.0. The first-order valence-electron chi connectivity index (χ1n) is 8.64. The minimum Gasteiger partial charge on any atom is -0.495 e. The third kappa shape index (κ3) is 7.00. The fourth-order valence-electron chi connectivity index (χ4n) is 2.36. The molecule has 0 unspecified atom stereocenters. The highest BCUT2D eigenvalue weighted by Crippen LogP contribution is 2.27. The van der Waals surface area contributed by atoms with Crippen LogP contribution in [-0.4, -0.2) is 38.6 Å². The predicted octanol–water partition coefficient (Wildman–Crippen LogP) is 3.26. The summed E-state index contributed by atoms with van der Waals surface area (Å²) in [6.45, 7) is -0.472. The molecule has 2 amide bonds. The number of anilines is 2. The van der Waals surface area contributed by atoms with E-state index in [1.165, 1.54) is 14.2 Å². The van der Waals surface area contributed by atoms with E-state index in [4.69, 9.17) is 25.8 Å². The third-order valence-corrected chi connectivity index (χ3v) is 3.97. The Morgan fingerprint density at radius 2 is 1.52 bits per heavy atom. The number of ether oxygens (including phenoxy) is 3. The molecule has 0 atom stereocenters. The molecule has 0 aliphatic rings. The van der Waals surface area contributed by atoms with Crippen LogP contribution in [0.15, 0.2) is 42.5 Å². The van der Waals surface area contributed by atoms with Crippen LogP contribution >= 0.6 is 11.6 Å². The molecule has 2 aromatic carbocycles. The molecule has 9 heteroatoms. The van der Waals surface area contributed by atoms with Gasteiger partial charge in [0.25, 0.3) is 5.91 Å². The molecule has 2 aromatic rings. The SMILES string of the molecule is COc1ccc(Cl)cc1NC(=O)CCC(=O)OCC(=O)Nc1ccccc1OC. The van der Waals surface area contributed by atoms with Gasteiger partial charge in [0.2, 0.25) is 5.91 Å². The molecule has 29 heavy (non-hydrogen) atoms. The lowest BCUT2D eigenvalue weighted by Crippen LogP contribution is -2.22. The molecule has 0 radical (unpaired) electrons. The molecule has 154 valence electrons. The van der Waals surface area contributed by atoms with Gasteiger partial charge in [-0.25, -0.2) is 0 Å². The first kappa shape index (κ1) is 22.0. The number of carbonyl (C=O) groups is 3. The van der Waals surface area contributed by atoms with Gasteiger partial charge in [-0.2, -0.15) is 0 Å². The quantitative estimate of drug-likeness (QED) is 0.603. The summed E-state index contributed by atoms with van der Waals surface area (Å²) >= 11 is 5.91. The summed E-state index contributed by atoms with van der Waals surface area (Å²) in [4.78, 5) is 35.8. The van der Waals surface area contributed by atoms with Crippen LogP contribution in [0.2, 0.25) is 5.02 Å². The maximum Gasteiger partial charge on any atom is 0.306 e. The molecule has 0 aromatic heterocycles. The van der Waals surface area contributed by atoms with Crippen molar-refractivity contribution >= 4 is 40.8 Å². The van der Waals surface area contributed by atoms with Gasteiger partial charge < -0.3 is 24.8 Å². The van der Waals surface area contributed by atoms with Crippen LogP contribution in [0.1, 0.15) is 12.8 Å². The van der Waals surface area contributed by atoms with Crippen molar-refractivity contribution in [2.45, 2.75) is 12.8 Å². The molecule has 0 aliphatic carbocycles. The number of hydrogen-bond acceptors (Lipinski definition) is 6. The van der Waals surface area contributed by atoms with E-state index in [1.807, 2.05) is 0 Å². The number of esters is 1. The molecule has 0 aliphatic heterocycles. The normalized spacial score (nSPS) is 10.0. The lowest BCUT2D eigenvalue weighted by Gasteiger charge is -2.11. The number of carbonyl (C=O) groups excluding carboxylic acids is 3. The summed E-state index contributed by atoms with van der Waals surface area (Å²) in [6, 6.07) is 11.6. The highest BCUT2D eigenvalue weighted by Gasteiger charge is 2.13. The molecule has 8 nitrogen and oxygen atoms in total. The Morgan fingerprint density at radius 3 is 2.24 bits per heavy atom. The van der Waals surface area contributed by atoms with Crippen molar-refractivity contribution in [1.29, 1.82) is 0 Å². The first-order chi connectivity index (χ1) is 13.9. The molecular weight excluding hydrogens is 400 g/mol. The Labute approximate surface area is 173 Å².